The van der Waals surface area contributed by atoms with Crippen LogP contribution in [0.1, 0.15) is 49.8 Å². The summed E-state index contributed by atoms with van der Waals surface area (Å²) in [7, 11) is 4.42. The first-order valence-corrected chi connectivity index (χ1v) is 13.6. The Balaban J connectivity index is 1.31. The number of para-hydroxylation sites is 1. The molecule has 0 bridgehead atoms. The molecule has 0 spiro atoms. The Hall–Kier alpha value is -2.38. The molecule has 5 rings (SSSR count). The summed E-state index contributed by atoms with van der Waals surface area (Å²) in [4.78, 5) is 20.2. The van der Waals surface area contributed by atoms with Crippen molar-refractivity contribution in [1.29, 1.82) is 0 Å². The minimum atomic E-state index is 0.271. The standard InChI is InChI=1S/C28H42N6O/c1-31(16-8-20-35)22-13-17-33(18-14-22)28-29-26-12-7-6-11-25(26)27(30-28)34-19-15-24(21-34)32(2)23-9-4-3-5-10-23/h3-5,9-10,22,24,35H,6-8,11-21H2,1-2H3. The first kappa shape index (κ1) is 24.3. The molecule has 35 heavy (non-hydrogen) atoms. The lowest BCUT2D eigenvalue weighted by Gasteiger charge is -2.37. The fourth-order valence-electron chi connectivity index (χ4n) is 6.10. The van der Waals surface area contributed by atoms with Gasteiger partial charge in [0.15, 0.2) is 0 Å². The highest BCUT2D eigenvalue weighted by Crippen LogP contribution is 2.34. The number of hydrogen-bond donors (Lipinski definition) is 1. The number of piperidine rings is 1. The third kappa shape index (κ3) is 5.41. The van der Waals surface area contributed by atoms with Crippen molar-refractivity contribution in [2.24, 2.45) is 0 Å². The van der Waals surface area contributed by atoms with Crippen LogP contribution in [0.3, 0.4) is 0 Å². The molecule has 1 aromatic carbocycles. The van der Waals surface area contributed by atoms with E-state index >= 15 is 0 Å². The minimum Gasteiger partial charge on any atom is -0.396 e. The number of aromatic nitrogens is 2. The summed E-state index contributed by atoms with van der Waals surface area (Å²) in [5.41, 5.74) is 3.98. The van der Waals surface area contributed by atoms with Gasteiger partial charge in [0, 0.05) is 69.7 Å². The number of aliphatic hydroxyl groups is 1. The van der Waals surface area contributed by atoms with Crippen LogP contribution in [0, 0.1) is 0 Å². The fraction of sp³-hybridized carbons (Fsp3) is 0.643. The minimum absolute atomic E-state index is 0.271. The zero-order valence-electron chi connectivity index (χ0n) is 21.6. The van der Waals surface area contributed by atoms with Gasteiger partial charge in [-0.25, -0.2) is 4.98 Å². The van der Waals surface area contributed by atoms with Crippen molar-refractivity contribution in [1.82, 2.24) is 14.9 Å². The average Bonchev–Trinajstić information content (AvgIpc) is 3.41. The monoisotopic (exact) mass is 478 g/mol. The summed E-state index contributed by atoms with van der Waals surface area (Å²) in [5.74, 6) is 2.15. The Kier molecular flexibility index (Phi) is 7.73. The molecule has 1 aromatic heterocycles. The quantitative estimate of drug-likeness (QED) is 0.624. The van der Waals surface area contributed by atoms with E-state index in [0.29, 0.717) is 12.1 Å². The lowest BCUT2D eigenvalue weighted by atomic mass is 9.96. The number of anilines is 3. The Morgan fingerprint density at radius 2 is 1.63 bits per heavy atom. The Morgan fingerprint density at radius 3 is 2.40 bits per heavy atom. The van der Waals surface area contributed by atoms with Gasteiger partial charge >= 0.3 is 0 Å². The van der Waals surface area contributed by atoms with Gasteiger partial charge in [-0.15, -0.1) is 0 Å². The second-order valence-corrected chi connectivity index (χ2v) is 10.6. The first-order valence-electron chi connectivity index (χ1n) is 13.6. The van der Waals surface area contributed by atoms with Crippen LogP contribution >= 0.6 is 0 Å². The lowest BCUT2D eigenvalue weighted by molar-refractivity contribution is 0.184. The van der Waals surface area contributed by atoms with Crippen molar-refractivity contribution in [3.05, 3.63) is 41.6 Å². The number of rotatable bonds is 8. The normalized spacial score (nSPS) is 21.0. The summed E-state index contributed by atoms with van der Waals surface area (Å²) in [5, 5.41) is 9.16. The molecule has 1 unspecified atom stereocenters. The molecule has 3 heterocycles. The molecule has 1 atom stereocenters. The van der Waals surface area contributed by atoms with Crippen LogP contribution < -0.4 is 14.7 Å². The molecule has 1 aliphatic carbocycles. The topological polar surface area (TPSA) is 59.0 Å². The van der Waals surface area contributed by atoms with Crippen molar-refractivity contribution in [3.63, 3.8) is 0 Å². The van der Waals surface area contributed by atoms with Crippen molar-refractivity contribution in [2.75, 3.05) is 68.1 Å². The first-order chi connectivity index (χ1) is 17.1. The lowest BCUT2D eigenvalue weighted by Crippen LogP contribution is -2.44. The van der Waals surface area contributed by atoms with E-state index in [9.17, 15) is 0 Å². The van der Waals surface area contributed by atoms with Crippen LogP contribution in [0.5, 0.6) is 0 Å². The maximum Gasteiger partial charge on any atom is 0.227 e. The number of likely N-dealkylation sites (N-methyl/N-ethyl adjacent to an activating group) is 1. The van der Waals surface area contributed by atoms with Crippen molar-refractivity contribution < 1.29 is 5.11 Å². The van der Waals surface area contributed by atoms with Crippen LogP contribution in [-0.2, 0) is 12.8 Å². The largest absolute Gasteiger partial charge is 0.396 e. The number of hydrogen-bond acceptors (Lipinski definition) is 7. The van der Waals surface area contributed by atoms with E-state index in [4.69, 9.17) is 15.1 Å². The number of aryl methyl sites for hydroxylation is 1. The Labute approximate surface area is 210 Å². The molecule has 2 aliphatic heterocycles. The van der Waals surface area contributed by atoms with Crippen LogP contribution in [0.4, 0.5) is 17.5 Å². The Bertz CT molecular complexity index is 961. The molecule has 2 aromatic rings. The number of aliphatic hydroxyl groups excluding tert-OH is 1. The van der Waals surface area contributed by atoms with E-state index in [1.54, 1.807) is 0 Å². The highest BCUT2D eigenvalue weighted by molar-refractivity contribution is 5.56. The van der Waals surface area contributed by atoms with Crippen molar-refractivity contribution in [3.8, 4) is 0 Å². The van der Waals surface area contributed by atoms with E-state index in [1.165, 1.54) is 35.6 Å². The summed E-state index contributed by atoms with van der Waals surface area (Å²) >= 11 is 0. The number of benzene rings is 1. The van der Waals surface area contributed by atoms with Gasteiger partial charge in [0.25, 0.3) is 0 Å². The Morgan fingerprint density at radius 1 is 0.914 bits per heavy atom. The maximum atomic E-state index is 9.16. The van der Waals surface area contributed by atoms with E-state index in [2.05, 4.69) is 64.0 Å². The zero-order valence-corrected chi connectivity index (χ0v) is 21.6. The van der Waals surface area contributed by atoms with Gasteiger partial charge in [0.1, 0.15) is 5.82 Å². The molecule has 3 aliphatic rings. The highest BCUT2D eigenvalue weighted by atomic mass is 16.3. The number of nitrogens with zero attached hydrogens (tertiary/aromatic N) is 6. The van der Waals surface area contributed by atoms with Crippen LogP contribution in [0.25, 0.3) is 0 Å². The van der Waals surface area contributed by atoms with E-state index < -0.39 is 0 Å². The fourth-order valence-corrected chi connectivity index (χ4v) is 6.10. The van der Waals surface area contributed by atoms with Crippen LogP contribution in [0.15, 0.2) is 30.3 Å². The highest BCUT2D eigenvalue weighted by Gasteiger charge is 2.32. The van der Waals surface area contributed by atoms with Crippen molar-refractivity contribution >= 4 is 17.5 Å². The van der Waals surface area contributed by atoms with Gasteiger partial charge < -0.3 is 24.7 Å². The molecule has 190 valence electrons. The third-order valence-electron chi connectivity index (χ3n) is 8.36. The molecular formula is C28H42N6O. The summed E-state index contributed by atoms with van der Waals surface area (Å²) in [6, 6.07) is 11.8. The molecule has 0 amide bonds. The van der Waals surface area contributed by atoms with Gasteiger partial charge in [0.2, 0.25) is 5.95 Å². The molecular weight excluding hydrogens is 436 g/mol. The summed E-state index contributed by atoms with van der Waals surface area (Å²) in [6.45, 7) is 5.33. The third-order valence-corrected chi connectivity index (χ3v) is 8.36. The molecule has 1 N–H and O–H groups in total. The van der Waals surface area contributed by atoms with E-state index in [-0.39, 0.29) is 6.61 Å². The van der Waals surface area contributed by atoms with E-state index in [1.807, 2.05) is 0 Å². The number of fused-ring (bicyclic) bond motifs is 1. The predicted molar refractivity (Wildman–Crippen MR) is 144 cm³/mol. The molecule has 7 heteroatoms. The summed E-state index contributed by atoms with van der Waals surface area (Å²) in [6.07, 6.45) is 8.94. The van der Waals surface area contributed by atoms with Gasteiger partial charge in [-0.05, 0) is 70.5 Å². The predicted octanol–water partition coefficient (Wildman–Crippen LogP) is 3.35. The molecule has 7 nitrogen and oxygen atoms in total. The SMILES string of the molecule is CN(CCCO)C1CCN(c2nc3c(c(N4CCC(N(C)c5ccccc5)C4)n2)CCCC3)CC1. The van der Waals surface area contributed by atoms with Crippen LogP contribution in [0.2, 0.25) is 0 Å². The van der Waals surface area contributed by atoms with Gasteiger partial charge in [0.05, 0.1) is 5.69 Å². The maximum absolute atomic E-state index is 9.16. The molecule has 0 saturated carbocycles. The molecule has 2 saturated heterocycles. The van der Waals surface area contributed by atoms with Gasteiger partial charge in [-0.1, -0.05) is 18.2 Å². The zero-order chi connectivity index (χ0) is 24.2. The summed E-state index contributed by atoms with van der Waals surface area (Å²) < 4.78 is 0. The van der Waals surface area contributed by atoms with Crippen molar-refractivity contribution in [2.45, 2.75) is 63.5 Å². The second-order valence-electron chi connectivity index (χ2n) is 10.6. The molecule has 0 radical (unpaired) electrons. The smallest absolute Gasteiger partial charge is 0.227 e. The average molecular weight is 479 g/mol. The van der Waals surface area contributed by atoms with Gasteiger partial charge in [-0.2, -0.15) is 4.98 Å². The van der Waals surface area contributed by atoms with Crippen LogP contribution in [-0.4, -0.2) is 85.5 Å². The van der Waals surface area contributed by atoms with E-state index in [0.717, 1.165) is 77.2 Å². The second kappa shape index (κ2) is 11.1. The van der Waals surface area contributed by atoms with Gasteiger partial charge in [-0.3, -0.25) is 0 Å². The molecule has 2 fully saturated rings.